The molecule has 2 aromatic carbocycles. The first-order chi connectivity index (χ1) is 13.0. The molecule has 0 aliphatic rings. The molecule has 0 heterocycles. The summed E-state index contributed by atoms with van der Waals surface area (Å²) in [6.07, 6.45) is 0. The van der Waals surface area contributed by atoms with Crippen molar-refractivity contribution in [1.29, 1.82) is 0 Å². The molecule has 0 aliphatic carbocycles. The van der Waals surface area contributed by atoms with Gasteiger partial charge >= 0.3 is 7.60 Å². The van der Waals surface area contributed by atoms with Crippen LogP contribution in [0.15, 0.2) is 57.9 Å². The topological polar surface area (TPSA) is 116 Å². The molecule has 0 saturated carbocycles. The Labute approximate surface area is 174 Å². The second kappa shape index (κ2) is 11.2. The predicted octanol–water partition coefficient (Wildman–Crippen LogP) is 4.91. The third-order valence-corrected chi connectivity index (χ3v) is 7.10. The summed E-state index contributed by atoms with van der Waals surface area (Å²) in [7, 11) is -7.30. The first-order valence-electron chi connectivity index (χ1n) is 8.47. The van der Waals surface area contributed by atoms with Gasteiger partial charge in [0, 0.05) is 4.47 Å². The Balaban J connectivity index is 0.000000307. The molecule has 0 spiro atoms. The van der Waals surface area contributed by atoms with Crippen molar-refractivity contribution in [3.8, 4) is 0 Å². The van der Waals surface area contributed by atoms with E-state index in [9.17, 15) is 13.0 Å². The minimum Gasteiger partial charge on any atom is -0.314 e. The fourth-order valence-electron chi connectivity index (χ4n) is 2.11. The number of benzene rings is 2. The van der Waals surface area contributed by atoms with Gasteiger partial charge in [-0.2, -0.15) is 8.42 Å². The van der Waals surface area contributed by atoms with Crippen LogP contribution in [-0.2, 0) is 23.7 Å². The molecule has 0 radical (unpaired) electrons. The standard InChI is InChI=1S/C11H17BrNO3P.C7H8O3S/c1-3-15-17(14,16-4-2)11(13)9-5-7-10(12)8-6-9;1-6-2-4-7(5-3-6)11(8,9)10/h5-8,11H,3-4,13H2,1-2H3;2-5H,1H3,(H,8,9,10). The van der Waals surface area contributed by atoms with E-state index >= 15 is 0 Å². The van der Waals surface area contributed by atoms with Crippen molar-refractivity contribution >= 4 is 33.6 Å². The summed E-state index contributed by atoms with van der Waals surface area (Å²) in [5, 5.41) is 0. The third kappa shape index (κ3) is 7.75. The Hall–Kier alpha value is -1.06. The average Bonchev–Trinajstić information content (AvgIpc) is 2.62. The maximum Gasteiger partial charge on any atom is 0.351 e. The zero-order valence-electron chi connectivity index (χ0n) is 15.9. The second-order valence-electron chi connectivity index (χ2n) is 5.66. The van der Waals surface area contributed by atoms with Crippen LogP contribution in [0.2, 0.25) is 0 Å². The van der Waals surface area contributed by atoms with Gasteiger partial charge in [-0.25, -0.2) is 0 Å². The highest BCUT2D eigenvalue weighted by atomic mass is 79.9. The van der Waals surface area contributed by atoms with Gasteiger partial charge in [0.05, 0.1) is 18.1 Å². The molecule has 1 unspecified atom stereocenters. The molecular weight excluding hydrogens is 469 g/mol. The van der Waals surface area contributed by atoms with Gasteiger partial charge in [0.1, 0.15) is 5.78 Å². The minimum atomic E-state index is -4.02. The molecule has 2 rings (SSSR count). The smallest absolute Gasteiger partial charge is 0.314 e. The van der Waals surface area contributed by atoms with Crippen LogP contribution in [0.25, 0.3) is 0 Å². The van der Waals surface area contributed by atoms with Gasteiger partial charge in [0.15, 0.2) is 0 Å². The Morgan fingerprint density at radius 1 is 1.04 bits per heavy atom. The molecule has 2 aromatic rings. The number of aryl methyl sites for hydroxylation is 1. The molecule has 156 valence electrons. The van der Waals surface area contributed by atoms with Crippen LogP contribution >= 0.6 is 23.5 Å². The molecule has 10 heteroatoms. The SMILES string of the molecule is CCOP(=O)(OCC)C(N)c1ccc(Br)cc1.Cc1ccc(S(=O)(=O)O)cc1. The highest BCUT2D eigenvalue weighted by Crippen LogP contribution is 2.58. The van der Waals surface area contributed by atoms with Crippen molar-refractivity contribution in [3.05, 3.63) is 64.1 Å². The lowest BCUT2D eigenvalue weighted by atomic mass is 10.2. The zero-order chi connectivity index (χ0) is 21.4. The highest BCUT2D eigenvalue weighted by molar-refractivity contribution is 9.10. The van der Waals surface area contributed by atoms with Crippen LogP contribution in [0.3, 0.4) is 0 Å². The van der Waals surface area contributed by atoms with Gasteiger partial charge in [0.25, 0.3) is 10.1 Å². The van der Waals surface area contributed by atoms with Crippen molar-refractivity contribution in [2.75, 3.05) is 13.2 Å². The van der Waals surface area contributed by atoms with Gasteiger partial charge in [-0.1, -0.05) is 45.8 Å². The Morgan fingerprint density at radius 3 is 1.89 bits per heavy atom. The van der Waals surface area contributed by atoms with Crippen LogP contribution < -0.4 is 5.73 Å². The van der Waals surface area contributed by atoms with Crippen molar-refractivity contribution in [2.45, 2.75) is 31.4 Å². The van der Waals surface area contributed by atoms with E-state index in [4.69, 9.17) is 19.3 Å². The van der Waals surface area contributed by atoms with Crippen LogP contribution in [0.4, 0.5) is 0 Å². The highest BCUT2D eigenvalue weighted by Gasteiger charge is 2.33. The molecule has 0 fully saturated rings. The van der Waals surface area contributed by atoms with Crippen molar-refractivity contribution in [2.24, 2.45) is 5.73 Å². The van der Waals surface area contributed by atoms with Gasteiger partial charge in [-0.3, -0.25) is 9.12 Å². The lowest BCUT2D eigenvalue weighted by molar-refractivity contribution is 0.212. The Morgan fingerprint density at radius 2 is 1.50 bits per heavy atom. The van der Waals surface area contributed by atoms with Crippen LogP contribution in [-0.4, -0.2) is 26.2 Å². The van der Waals surface area contributed by atoms with Gasteiger partial charge in [-0.05, 0) is 50.6 Å². The van der Waals surface area contributed by atoms with Crippen LogP contribution in [0.5, 0.6) is 0 Å². The molecule has 0 bridgehead atoms. The average molecular weight is 494 g/mol. The summed E-state index contributed by atoms with van der Waals surface area (Å²) >= 11 is 3.33. The van der Waals surface area contributed by atoms with E-state index in [1.54, 1.807) is 38.1 Å². The summed E-state index contributed by atoms with van der Waals surface area (Å²) in [5.41, 5.74) is 7.66. The molecule has 7 nitrogen and oxygen atoms in total. The summed E-state index contributed by atoms with van der Waals surface area (Å²) < 4.78 is 53.3. The van der Waals surface area contributed by atoms with E-state index in [-0.39, 0.29) is 4.90 Å². The number of hydrogen-bond acceptors (Lipinski definition) is 6. The lowest BCUT2D eigenvalue weighted by Gasteiger charge is -2.23. The number of hydrogen-bond donors (Lipinski definition) is 2. The van der Waals surface area contributed by atoms with Crippen molar-refractivity contribution in [1.82, 2.24) is 0 Å². The molecular formula is C18H25BrNO6PS. The molecule has 0 aromatic heterocycles. The number of halogens is 1. The Bertz CT molecular complexity index is 877. The molecule has 28 heavy (non-hydrogen) atoms. The van der Waals surface area contributed by atoms with E-state index in [2.05, 4.69) is 15.9 Å². The molecule has 1 atom stereocenters. The van der Waals surface area contributed by atoms with E-state index in [1.807, 2.05) is 19.1 Å². The van der Waals surface area contributed by atoms with Crippen LogP contribution in [0, 0.1) is 6.92 Å². The molecule has 0 amide bonds. The van der Waals surface area contributed by atoms with E-state index in [1.165, 1.54) is 12.1 Å². The predicted molar refractivity (Wildman–Crippen MR) is 113 cm³/mol. The van der Waals surface area contributed by atoms with Crippen molar-refractivity contribution < 1.29 is 26.6 Å². The van der Waals surface area contributed by atoms with Gasteiger partial charge in [0.2, 0.25) is 0 Å². The molecule has 0 saturated heterocycles. The molecule has 0 aliphatic heterocycles. The first kappa shape index (κ1) is 25.0. The monoisotopic (exact) mass is 493 g/mol. The minimum absolute atomic E-state index is 0.0666. The fraction of sp³-hybridized carbons (Fsp3) is 0.333. The largest absolute Gasteiger partial charge is 0.351 e. The Kier molecular flexibility index (Phi) is 10.00. The fourth-order valence-corrected chi connectivity index (χ4v) is 4.51. The van der Waals surface area contributed by atoms with Gasteiger partial charge in [-0.15, -0.1) is 0 Å². The van der Waals surface area contributed by atoms with E-state index < -0.39 is 23.5 Å². The van der Waals surface area contributed by atoms with E-state index in [0.717, 1.165) is 15.6 Å². The van der Waals surface area contributed by atoms with E-state index in [0.29, 0.717) is 13.2 Å². The maximum atomic E-state index is 12.4. The first-order valence-corrected chi connectivity index (χ1v) is 12.3. The normalized spacial score (nSPS) is 12.8. The number of rotatable bonds is 7. The number of nitrogens with two attached hydrogens (primary N) is 1. The summed E-state index contributed by atoms with van der Waals surface area (Å²) in [6, 6.07) is 13.3. The quantitative estimate of drug-likeness (QED) is 0.415. The third-order valence-electron chi connectivity index (χ3n) is 3.49. The molecule has 3 N–H and O–H groups in total. The summed E-state index contributed by atoms with van der Waals surface area (Å²) in [4.78, 5) is -0.0666. The zero-order valence-corrected chi connectivity index (χ0v) is 19.2. The van der Waals surface area contributed by atoms with Gasteiger partial charge < -0.3 is 14.8 Å². The van der Waals surface area contributed by atoms with Crippen LogP contribution in [0.1, 0.15) is 30.8 Å². The second-order valence-corrected chi connectivity index (χ2v) is 10.1. The summed E-state index contributed by atoms with van der Waals surface area (Å²) in [6.45, 7) is 5.98. The summed E-state index contributed by atoms with van der Waals surface area (Å²) in [5.74, 6) is -0.754. The lowest BCUT2D eigenvalue weighted by Crippen LogP contribution is -2.14. The van der Waals surface area contributed by atoms with Crippen molar-refractivity contribution in [3.63, 3.8) is 0 Å². The maximum absolute atomic E-state index is 12.4.